The van der Waals surface area contributed by atoms with Crippen LogP contribution >= 0.6 is 0 Å². The van der Waals surface area contributed by atoms with Crippen molar-refractivity contribution in [3.05, 3.63) is 24.1 Å². The Morgan fingerprint density at radius 2 is 2.27 bits per heavy atom. The van der Waals surface area contributed by atoms with E-state index in [4.69, 9.17) is 9.52 Å². The summed E-state index contributed by atoms with van der Waals surface area (Å²) in [5, 5.41) is 8.77. The third-order valence-electron chi connectivity index (χ3n) is 1.77. The van der Waals surface area contributed by atoms with E-state index < -0.39 is 6.61 Å². The van der Waals surface area contributed by atoms with Crippen molar-refractivity contribution in [1.29, 1.82) is 0 Å². The second kappa shape index (κ2) is 3.82. The largest absolute Gasteiger partial charge is 0.434 e. The number of benzene rings is 1. The molecule has 80 valence electrons. The molecule has 0 bridgehead atoms. The molecular formula is C9H7F2NO3. The number of aromatic nitrogens is 1. The number of halogens is 2. The summed E-state index contributed by atoms with van der Waals surface area (Å²) in [7, 11) is 0. The van der Waals surface area contributed by atoms with Crippen LogP contribution in [0.5, 0.6) is 5.75 Å². The normalized spacial score (nSPS) is 11.2. The molecule has 6 heteroatoms. The molecule has 4 nitrogen and oxygen atoms in total. The van der Waals surface area contributed by atoms with Crippen LogP contribution in [0.4, 0.5) is 8.78 Å². The monoisotopic (exact) mass is 215 g/mol. The number of para-hydroxylation sites is 1. The number of ether oxygens (including phenoxy) is 1. The van der Waals surface area contributed by atoms with Crippen molar-refractivity contribution >= 4 is 11.1 Å². The first-order valence-electron chi connectivity index (χ1n) is 4.15. The summed E-state index contributed by atoms with van der Waals surface area (Å²) in [4.78, 5) is 3.86. The molecule has 0 unspecified atom stereocenters. The maximum atomic E-state index is 12.0. The van der Waals surface area contributed by atoms with Gasteiger partial charge in [-0.1, -0.05) is 6.07 Å². The van der Waals surface area contributed by atoms with Gasteiger partial charge in [0.1, 0.15) is 12.1 Å². The van der Waals surface area contributed by atoms with Crippen molar-refractivity contribution in [3.8, 4) is 5.75 Å². The topological polar surface area (TPSA) is 55.5 Å². The second-order valence-electron chi connectivity index (χ2n) is 2.75. The van der Waals surface area contributed by atoms with E-state index in [1.54, 1.807) is 6.07 Å². The molecule has 2 rings (SSSR count). The molecule has 0 aliphatic rings. The number of oxazole rings is 1. The zero-order valence-corrected chi connectivity index (χ0v) is 7.48. The maximum Gasteiger partial charge on any atom is 0.387 e. The van der Waals surface area contributed by atoms with E-state index in [0.29, 0.717) is 5.52 Å². The molecule has 1 aromatic heterocycles. The molecule has 0 atom stereocenters. The summed E-state index contributed by atoms with van der Waals surface area (Å²) in [5.74, 6) is -0.0231. The first kappa shape index (κ1) is 9.85. The molecule has 0 aliphatic heterocycles. The fourth-order valence-corrected chi connectivity index (χ4v) is 1.23. The molecule has 0 saturated heterocycles. The van der Waals surface area contributed by atoms with Gasteiger partial charge in [0.25, 0.3) is 0 Å². The number of aliphatic hydroxyl groups is 1. The smallest absolute Gasteiger partial charge is 0.387 e. The number of hydrogen-bond donors (Lipinski definition) is 1. The van der Waals surface area contributed by atoms with E-state index in [0.717, 1.165) is 0 Å². The summed E-state index contributed by atoms with van der Waals surface area (Å²) < 4.78 is 33.3. The average molecular weight is 215 g/mol. The van der Waals surface area contributed by atoms with Crippen molar-refractivity contribution in [1.82, 2.24) is 4.98 Å². The van der Waals surface area contributed by atoms with Crippen LogP contribution in [0.25, 0.3) is 11.1 Å². The molecule has 2 aromatic rings. The molecular weight excluding hydrogens is 208 g/mol. The molecule has 1 N–H and O–H groups in total. The molecule has 1 heterocycles. The van der Waals surface area contributed by atoms with Crippen LogP contribution in [-0.2, 0) is 6.61 Å². The predicted octanol–water partition coefficient (Wildman–Crippen LogP) is 1.92. The lowest BCUT2D eigenvalue weighted by Crippen LogP contribution is -2.01. The van der Waals surface area contributed by atoms with Gasteiger partial charge in [0, 0.05) is 0 Å². The molecule has 0 fully saturated rings. The summed E-state index contributed by atoms with van der Waals surface area (Å²) in [6.45, 7) is -3.30. The van der Waals surface area contributed by atoms with E-state index in [-0.39, 0.29) is 23.8 Å². The average Bonchev–Trinajstić information content (AvgIpc) is 2.61. The van der Waals surface area contributed by atoms with Crippen LogP contribution in [0.3, 0.4) is 0 Å². The minimum Gasteiger partial charge on any atom is -0.434 e. The highest BCUT2D eigenvalue weighted by Crippen LogP contribution is 2.27. The minimum atomic E-state index is -2.92. The molecule has 1 aromatic carbocycles. The van der Waals surface area contributed by atoms with Crippen molar-refractivity contribution in [3.63, 3.8) is 0 Å². The summed E-state index contributed by atoms with van der Waals surface area (Å²) in [6.07, 6.45) is 0. The number of hydrogen-bond acceptors (Lipinski definition) is 4. The number of aliphatic hydroxyl groups excluding tert-OH is 1. The molecule has 0 amide bonds. The van der Waals surface area contributed by atoms with Crippen molar-refractivity contribution in [2.75, 3.05) is 0 Å². The predicted molar refractivity (Wildman–Crippen MR) is 46.6 cm³/mol. The van der Waals surface area contributed by atoms with E-state index in [1.807, 2.05) is 0 Å². The van der Waals surface area contributed by atoms with Gasteiger partial charge in [0.2, 0.25) is 5.89 Å². The highest BCUT2D eigenvalue weighted by atomic mass is 19.3. The van der Waals surface area contributed by atoms with Crippen molar-refractivity contribution in [2.45, 2.75) is 13.2 Å². The fourth-order valence-electron chi connectivity index (χ4n) is 1.23. The summed E-state index contributed by atoms with van der Waals surface area (Å²) in [5.41, 5.74) is 0.485. The molecule has 0 aliphatic carbocycles. The quantitative estimate of drug-likeness (QED) is 0.849. The number of fused-ring (bicyclic) bond motifs is 1. The minimum absolute atomic E-state index is 0.0651. The standard InChI is InChI=1S/C9H7F2NO3/c10-9(11)14-6-3-1-2-5-8(6)15-7(4-13)12-5/h1-3,9,13H,4H2. The number of alkyl halides is 2. The maximum absolute atomic E-state index is 12.0. The lowest BCUT2D eigenvalue weighted by atomic mass is 10.3. The second-order valence-corrected chi connectivity index (χ2v) is 2.75. The van der Waals surface area contributed by atoms with Gasteiger partial charge in [0.05, 0.1) is 0 Å². The molecule has 0 radical (unpaired) electrons. The Labute approximate surface area is 83.1 Å². The van der Waals surface area contributed by atoms with Crippen LogP contribution < -0.4 is 4.74 Å². The van der Waals surface area contributed by atoms with E-state index in [9.17, 15) is 8.78 Å². The Morgan fingerprint density at radius 1 is 1.47 bits per heavy atom. The molecule has 0 saturated carbocycles. The Bertz CT molecular complexity index is 469. The van der Waals surface area contributed by atoms with E-state index >= 15 is 0 Å². The Kier molecular flexibility index (Phi) is 2.51. The Balaban J connectivity index is 2.49. The van der Waals surface area contributed by atoms with Gasteiger partial charge in [0.15, 0.2) is 11.3 Å². The summed E-state index contributed by atoms with van der Waals surface area (Å²) >= 11 is 0. The highest BCUT2D eigenvalue weighted by Gasteiger charge is 2.13. The van der Waals surface area contributed by atoms with Gasteiger partial charge < -0.3 is 14.3 Å². The van der Waals surface area contributed by atoms with Gasteiger partial charge in [-0.05, 0) is 12.1 Å². The van der Waals surface area contributed by atoms with Crippen LogP contribution in [0.1, 0.15) is 5.89 Å². The first-order valence-corrected chi connectivity index (χ1v) is 4.15. The van der Waals surface area contributed by atoms with Crippen LogP contribution in [0, 0.1) is 0 Å². The molecule has 15 heavy (non-hydrogen) atoms. The third-order valence-corrected chi connectivity index (χ3v) is 1.77. The fraction of sp³-hybridized carbons (Fsp3) is 0.222. The SMILES string of the molecule is OCc1nc2cccc(OC(F)F)c2o1. The first-order chi connectivity index (χ1) is 7.20. The Hall–Kier alpha value is -1.69. The zero-order chi connectivity index (χ0) is 10.8. The van der Waals surface area contributed by atoms with Gasteiger partial charge in [-0.2, -0.15) is 8.78 Å². The van der Waals surface area contributed by atoms with Crippen LogP contribution in [0.15, 0.2) is 22.6 Å². The van der Waals surface area contributed by atoms with Crippen molar-refractivity contribution in [2.24, 2.45) is 0 Å². The van der Waals surface area contributed by atoms with Gasteiger partial charge in [-0.25, -0.2) is 4.98 Å². The van der Waals surface area contributed by atoms with Gasteiger partial charge in [-0.15, -0.1) is 0 Å². The lowest BCUT2D eigenvalue weighted by Gasteiger charge is -2.02. The van der Waals surface area contributed by atoms with E-state index in [2.05, 4.69) is 9.72 Å². The number of rotatable bonds is 3. The van der Waals surface area contributed by atoms with Gasteiger partial charge in [-0.3, -0.25) is 0 Å². The van der Waals surface area contributed by atoms with Crippen LogP contribution in [-0.4, -0.2) is 16.7 Å². The molecule has 0 spiro atoms. The Morgan fingerprint density at radius 3 is 2.93 bits per heavy atom. The van der Waals surface area contributed by atoms with Gasteiger partial charge >= 0.3 is 6.61 Å². The number of nitrogens with zero attached hydrogens (tertiary/aromatic N) is 1. The van der Waals surface area contributed by atoms with Crippen molar-refractivity contribution < 1.29 is 23.0 Å². The third kappa shape index (κ3) is 1.89. The lowest BCUT2D eigenvalue weighted by molar-refractivity contribution is -0.0494. The highest BCUT2D eigenvalue weighted by molar-refractivity contribution is 5.79. The van der Waals surface area contributed by atoms with E-state index in [1.165, 1.54) is 12.1 Å². The zero-order valence-electron chi connectivity index (χ0n) is 7.48. The van der Waals surface area contributed by atoms with Crippen LogP contribution in [0.2, 0.25) is 0 Å². The summed E-state index contributed by atoms with van der Waals surface area (Å²) in [6, 6.07) is 4.45.